The summed E-state index contributed by atoms with van der Waals surface area (Å²) in [6.07, 6.45) is 0. The van der Waals surface area contributed by atoms with E-state index in [2.05, 4.69) is 0 Å². The van der Waals surface area contributed by atoms with Crippen LogP contribution in [0.15, 0.2) is 77.7 Å². The van der Waals surface area contributed by atoms with Gasteiger partial charge in [0, 0.05) is 26.2 Å². The number of benzene rings is 3. The Morgan fingerprint density at radius 2 is 1.47 bits per heavy atom. The number of hydrogen-bond donors (Lipinski definition) is 0. The topological polar surface area (TPSA) is 66.9 Å². The molecule has 0 atom stereocenters. The lowest BCUT2D eigenvalue weighted by molar-refractivity contribution is 0.0785. The van der Waals surface area contributed by atoms with Crippen molar-refractivity contribution in [2.75, 3.05) is 25.0 Å². The summed E-state index contributed by atoms with van der Waals surface area (Å²) in [4.78, 5) is 14.7. The molecule has 7 heteroatoms. The van der Waals surface area contributed by atoms with Gasteiger partial charge in [-0.15, -0.1) is 0 Å². The van der Waals surface area contributed by atoms with Gasteiger partial charge in [0.25, 0.3) is 15.9 Å². The Hall–Kier alpha value is -3.32. The summed E-state index contributed by atoms with van der Waals surface area (Å²) in [6.45, 7) is 4.90. The second kappa shape index (κ2) is 9.87. The first-order valence-electron chi connectivity index (χ1n) is 10.3. The molecule has 3 aromatic rings. The molecule has 0 aliphatic heterocycles. The van der Waals surface area contributed by atoms with Gasteiger partial charge in [0.05, 0.1) is 17.2 Å². The Balaban J connectivity index is 1.69. The molecule has 0 aromatic heterocycles. The van der Waals surface area contributed by atoms with Crippen molar-refractivity contribution in [1.82, 2.24) is 4.90 Å². The van der Waals surface area contributed by atoms with E-state index in [1.165, 1.54) is 11.4 Å². The Labute approximate surface area is 190 Å². The minimum atomic E-state index is -3.68. The van der Waals surface area contributed by atoms with Crippen molar-refractivity contribution in [3.05, 3.63) is 89.5 Å². The second-order valence-corrected chi connectivity index (χ2v) is 9.54. The highest BCUT2D eigenvalue weighted by Gasteiger charge is 2.21. The molecule has 168 valence electrons. The maximum absolute atomic E-state index is 12.9. The number of carbonyl (C=O) groups excluding carboxylic acids is 1. The van der Waals surface area contributed by atoms with Crippen molar-refractivity contribution in [3.8, 4) is 5.75 Å². The molecule has 0 N–H and O–H groups in total. The average Bonchev–Trinajstić information content (AvgIpc) is 2.80. The molecular formula is C25H28N2O4S. The van der Waals surface area contributed by atoms with Crippen LogP contribution < -0.4 is 9.04 Å². The lowest BCUT2D eigenvalue weighted by atomic mass is 10.1. The number of rotatable bonds is 8. The minimum absolute atomic E-state index is 0.144. The summed E-state index contributed by atoms with van der Waals surface area (Å²) >= 11 is 0. The van der Waals surface area contributed by atoms with Gasteiger partial charge in [-0.25, -0.2) is 8.42 Å². The number of carbonyl (C=O) groups is 1. The molecule has 1 amide bonds. The van der Waals surface area contributed by atoms with Gasteiger partial charge in [-0.2, -0.15) is 0 Å². The maximum Gasteiger partial charge on any atom is 0.264 e. The molecule has 3 rings (SSSR count). The van der Waals surface area contributed by atoms with Crippen molar-refractivity contribution >= 4 is 21.6 Å². The number of aryl methyl sites for hydroxylation is 1. The predicted octanol–water partition coefficient (Wildman–Crippen LogP) is 4.49. The monoisotopic (exact) mass is 452 g/mol. The van der Waals surface area contributed by atoms with Gasteiger partial charge in [-0.05, 0) is 67.9 Å². The van der Waals surface area contributed by atoms with Crippen LogP contribution in [0.1, 0.15) is 28.4 Å². The van der Waals surface area contributed by atoms with E-state index in [0.717, 1.165) is 16.9 Å². The van der Waals surface area contributed by atoms with Gasteiger partial charge in [-0.1, -0.05) is 29.8 Å². The van der Waals surface area contributed by atoms with Crippen LogP contribution in [0.2, 0.25) is 0 Å². The number of sulfonamides is 1. The molecule has 3 aromatic carbocycles. The van der Waals surface area contributed by atoms with Crippen LogP contribution in [0.4, 0.5) is 5.69 Å². The van der Waals surface area contributed by atoms with E-state index < -0.39 is 10.0 Å². The number of hydrogen-bond acceptors (Lipinski definition) is 4. The zero-order valence-electron chi connectivity index (χ0n) is 18.8. The van der Waals surface area contributed by atoms with Crippen LogP contribution in [0.5, 0.6) is 5.75 Å². The summed E-state index contributed by atoms with van der Waals surface area (Å²) in [5.74, 6) is 0.653. The second-order valence-electron chi connectivity index (χ2n) is 7.57. The van der Waals surface area contributed by atoms with Crippen LogP contribution in [-0.2, 0) is 16.6 Å². The summed E-state index contributed by atoms with van der Waals surface area (Å²) in [7, 11) is -0.438. The smallest absolute Gasteiger partial charge is 0.264 e. The Bertz CT molecular complexity index is 1160. The van der Waals surface area contributed by atoms with Gasteiger partial charge in [0.1, 0.15) is 5.75 Å². The molecular weight excluding hydrogens is 424 g/mol. The number of ether oxygens (including phenoxy) is 1. The van der Waals surface area contributed by atoms with E-state index >= 15 is 0 Å². The molecule has 6 nitrogen and oxygen atoms in total. The van der Waals surface area contributed by atoms with E-state index in [9.17, 15) is 13.2 Å². The van der Waals surface area contributed by atoms with Crippen LogP contribution in [0, 0.1) is 6.92 Å². The molecule has 0 saturated carbocycles. The fraction of sp³-hybridized carbons (Fsp3) is 0.240. The molecule has 0 saturated heterocycles. The SMILES string of the molecule is CCOc1ccc(CN(C)C(=O)c2ccc(N(C)S(=O)(=O)c3ccc(C)cc3)cc2)cc1. The molecule has 0 bridgehead atoms. The summed E-state index contributed by atoms with van der Waals surface area (Å²) in [5, 5.41) is 0. The van der Waals surface area contributed by atoms with Gasteiger partial charge in [-0.3, -0.25) is 9.10 Å². The Morgan fingerprint density at radius 1 is 0.875 bits per heavy atom. The van der Waals surface area contributed by atoms with E-state index in [0.29, 0.717) is 24.4 Å². The highest BCUT2D eigenvalue weighted by atomic mass is 32.2. The third-order valence-corrected chi connectivity index (χ3v) is 6.96. The van der Waals surface area contributed by atoms with E-state index in [1.54, 1.807) is 60.5 Å². The largest absolute Gasteiger partial charge is 0.494 e. The fourth-order valence-electron chi connectivity index (χ4n) is 3.24. The van der Waals surface area contributed by atoms with Gasteiger partial charge < -0.3 is 9.64 Å². The van der Waals surface area contributed by atoms with Crippen molar-refractivity contribution < 1.29 is 17.9 Å². The van der Waals surface area contributed by atoms with Crippen LogP contribution >= 0.6 is 0 Å². The number of amides is 1. The van der Waals surface area contributed by atoms with E-state index in [-0.39, 0.29) is 10.8 Å². The molecule has 0 heterocycles. The van der Waals surface area contributed by atoms with E-state index in [4.69, 9.17) is 4.74 Å². The molecule has 0 spiro atoms. The summed E-state index contributed by atoms with van der Waals surface area (Å²) in [6, 6.07) is 20.9. The Kier molecular flexibility index (Phi) is 7.20. The van der Waals surface area contributed by atoms with E-state index in [1.807, 2.05) is 38.1 Å². The standard InChI is InChI=1S/C25H28N2O4S/c1-5-31-23-14-8-20(9-15-23)18-26(3)25(28)21-10-12-22(13-11-21)27(4)32(29,30)24-16-6-19(2)7-17-24/h6-17H,5,18H2,1-4H3. The van der Waals surface area contributed by atoms with Gasteiger partial charge in [0.15, 0.2) is 0 Å². The molecule has 0 fully saturated rings. The normalized spacial score (nSPS) is 11.1. The predicted molar refractivity (Wildman–Crippen MR) is 127 cm³/mol. The number of nitrogens with zero attached hydrogens (tertiary/aromatic N) is 2. The first-order chi connectivity index (χ1) is 15.2. The third-order valence-electron chi connectivity index (χ3n) is 5.16. The zero-order chi connectivity index (χ0) is 23.3. The van der Waals surface area contributed by atoms with Gasteiger partial charge in [0.2, 0.25) is 0 Å². The van der Waals surface area contributed by atoms with Crippen molar-refractivity contribution in [3.63, 3.8) is 0 Å². The van der Waals surface area contributed by atoms with Crippen molar-refractivity contribution in [1.29, 1.82) is 0 Å². The first kappa shape index (κ1) is 23.3. The molecule has 32 heavy (non-hydrogen) atoms. The zero-order valence-corrected chi connectivity index (χ0v) is 19.6. The lowest BCUT2D eigenvalue weighted by Crippen LogP contribution is -2.27. The first-order valence-corrected chi connectivity index (χ1v) is 11.8. The minimum Gasteiger partial charge on any atom is -0.494 e. The highest BCUT2D eigenvalue weighted by Crippen LogP contribution is 2.23. The molecule has 0 aliphatic carbocycles. The quantitative estimate of drug-likeness (QED) is 0.505. The molecule has 0 radical (unpaired) electrons. The Morgan fingerprint density at radius 3 is 2.03 bits per heavy atom. The fourth-order valence-corrected chi connectivity index (χ4v) is 4.44. The molecule has 0 unspecified atom stereocenters. The van der Waals surface area contributed by atoms with Crippen molar-refractivity contribution in [2.45, 2.75) is 25.3 Å². The van der Waals surface area contributed by atoms with Crippen LogP contribution in [0.3, 0.4) is 0 Å². The molecule has 0 aliphatic rings. The highest BCUT2D eigenvalue weighted by molar-refractivity contribution is 7.92. The third kappa shape index (κ3) is 5.29. The van der Waals surface area contributed by atoms with Crippen LogP contribution in [0.25, 0.3) is 0 Å². The van der Waals surface area contributed by atoms with Gasteiger partial charge >= 0.3 is 0 Å². The maximum atomic E-state index is 12.9. The van der Waals surface area contributed by atoms with Crippen LogP contribution in [-0.4, -0.2) is 39.9 Å². The summed E-state index contributed by atoms with van der Waals surface area (Å²) in [5.41, 5.74) is 2.95. The average molecular weight is 453 g/mol. The van der Waals surface area contributed by atoms with Crippen molar-refractivity contribution in [2.24, 2.45) is 0 Å². The number of anilines is 1. The lowest BCUT2D eigenvalue weighted by Gasteiger charge is -2.21. The summed E-state index contributed by atoms with van der Waals surface area (Å²) < 4.78 is 32.4.